The summed E-state index contributed by atoms with van der Waals surface area (Å²) in [6, 6.07) is -0.381. The Bertz CT molecular complexity index is 1610. The number of aliphatic carboxylic acids is 1. The first-order chi connectivity index (χ1) is 23.4. The van der Waals surface area contributed by atoms with Crippen molar-refractivity contribution in [3.05, 3.63) is 34.6 Å². The Labute approximate surface area is 282 Å². The van der Waals surface area contributed by atoms with E-state index in [1.54, 1.807) is 0 Å². The van der Waals surface area contributed by atoms with Crippen LogP contribution in [-0.4, -0.2) is 138 Å². The Kier molecular flexibility index (Phi) is 12.5. The fourth-order valence-corrected chi connectivity index (χ4v) is 6.44. The van der Waals surface area contributed by atoms with Crippen LogP contribution in [-0.2, 0) is 39.2 Å². The number of amides is 1. The molecule has 0 saturated carbocycles. The maximum Gasteiger partial charge on any atom is 0.475 e. The highest BCUT2D eigenvalue weighted by atomic mass is 31.2. The number of phosphoric acid groups is 1. The van der Waals surface area contributed by atoms with Crippen molar-refractivity contribution in [2.75, 3.05) is 12.3 Å². The van der Waals surface area contributed by atoms with Crippen LogP contribution in [0.2, 0.25) is 0 Å². The highest BCUT2D eigenvalue weighted by Crippen LogP contribution is 2.51. The Balaban J connectivity index is 1.51. The van der Waals surface area contributed by atoms with Crippen molar-refractivity contribution in [1.29, 1.82) is 0 Å². The van der Waals surface area contributed by atoms with Crippen LogP contribution < -0.4 is 16.7 Å². The molecule has 2 fully saturated rings. The van der Waals surface area contributed by atoms with Gasteiger partial charge in [0.1, 0.15) is 48.1 Å². The third kappa shape index (κ3) is 8.88. The van der Waals surface area contributed by atoms with Gasteiger partial charge in [-0.05, 0) is 12.5 Å². The molecule has 280 valence electrons. The number of nitrogens with zero attached hydrogens (tertiary/aromatic N) is 5. The van der Waals surface area contributed by atoms with Crippen LogP contribution in [0.5, 0.6) is 0 Å². The molecule has 50 heavy (non-hydrogen) atoms. The van der Waals surface area contributed by atoms with E-state index >= 15 is 0 Å². The molecule has 2 aliphatic heterocycles. The summed E-state index contributed by atoms with van der Waals surface area (Å²) in [5.74, 6) is -6.23. The molecular weight excluding hydrogens is 697 g/mol. The minimum atomic E-state index is -5.57. The average Bonchev–Trinajstić information content (AvgIpc) is 3.60. The van der Waals surface area contributed by atoms with Crippen molar-refractivity contribution in [3.63, 3.8) is 0 Å². The van der Waals surface area contributed by atoms with Crippen LogP contribution in [0.25, 0.3) is 0 Å². The van der Waals surface area contributed by atoms with Gasteiger partial charge < -0.3 is 61.2 Å². The summed E-state index contributed by atoms with van der Waals surface area (Å²) in [6.07, 6.45) is -13.3. The molecule has 2 aromatic rings. The van der Waals surface area contributed by atoms with Crippen molar-refractivity contribution in [1.82, 2.24) is 29.9 Å². The Hall–Kier alpha value is -3.45. The summed E-state index contributed by atoms with van der Waals surface area (Å²) < 4.78 is 35.6. The van der Waals surface area contributed by atoms with E-state index in [-0.39, 0.29) is 11.5 Å². The first-order valence-corrected chi connectivity index (χ1v) is 16.7. The first kappa shape index (κ1) is 39.3. The predicted molar refractivity (Wildman–Crippen MR) is 161 cm³/mol. The van der Waals surface area contributed by atoms with Gasteiger partial charge in [-0.3, -0.25) is 13.9 Å². The number of aliphatic hydroxyl groups excluding tert-OH is 6. The number of nitrogen functional groups attached to an aromatic ring is 1. The lowest BCUT2D eigenvalue weighted by Gasteiger charge is -2.46. The number of carbonyl (C=O) groups is 2. The number of ether oxygens (including phenoxy) is 2. The standard InChI is InChI=1S/C26H40N7O16P/c1-3-4-13(35)12-8-32(31-30-12)9-15(37)19(38)22-18(28-11(2)34)14(36)7-26(48-22,24(41)42)49-50(44,45)46-10-16-20(39)21(40)23(47-16)33-6-5-17(27)29-25(33)43/h5-6,8,13-16,18-23,35-40H,3-4,7,9-10H2,1-2H3,(H,28,34)(H,41,42)(H,44,45)(H2,27,29,43)/t13?,14-,15+,16+,18+,19+,20+,21+,22+,23+,26+/m0/s1. The second kappa shape index (κ2) is 15.8. The normalized spacial score (nSPS) is 31.4. The molecule has 4 heterocycles. The minimum Gasteiger partial charge on any atom is -0.477 e. The van der Waals surface area contributed by atoms with Crippen molar-refractivity contribution in [3.8, 4) is 0 Å². The third-order valence-corrected chi connectivity index (χ3v) is 8.96. The average molecular weight is 738 g/mol. The van der Waals surface area contributed by atoms with Gasteiger partial charge in [-0.25, -0.2) is 23.4 Å². The number of rotatable bonds is 15. The molecular formula is C26H40N7O16P. The predicted octanol–water partition coefficient (Wildman–Crippen LogP) is -4.14. The molecule has 0 aliphatic carbocycles. The maximum absolute atomic E-state index is 13.1. The SMILES string of the molecule is CCCC(O)c1cn(C[C@@H](O)[C@@H](O)[C@@H]2O[C@](OP(=O)(O)OC[C@H]3O[C@@H](n4ccc(N)nc4=O)[C@H](O)[C@@H]3O)(C(=O)O)C[C@H](O)[C@H]2NC(C)=O)nn1. The Morgan fingerprint density at radius 1 is 1.24 bits per heavy atom. The lowest BCUT2D eigenvalue weighted by molar-refractivity contribution is -0.288. The molecule has 23 nitrogen and oxygen atoms in total. The number of carboxylic acid groups (broad SMARTS) is 1. The van der Waals surface area contributed by atoms with Crippen molar-refractivity contribution < 1.29 is 73.3 Å². The lowest BCUT2D eigenvalue weighted by atomic mass is 9.88. The molecule has 2 unspecified atom stereocenters. The summed E-state index contributed by atoms with van der Waals surface area (Å²) in [5, 5.41) is 83.9. The Morgan fingerprint density at radius 2 is 1.94 bits per heavy atom. The zero-order chi connectivity index (χ0) is 37.1. The molecule has 0 bridgehead atoms. The van der Waals surface area contributed by atoms with Crippen LogP contribution in [0.15, 0.2) is 23.3 Å². The minimum absolute atomic E-state index is 0.139. The number of carboxylic acids is 1. The van der Waals surface area contributed by atoms with Gasteiger partial charge in [-0.1, -0.05) is 18.6 Å². The number of aromatic nitrogens is 5. The van der Waals surface area contributed by atoms with Crippen molar-refractivity contribution in [2.45, 2.75) is 107 Å². The summed E-state index contributed by atoms with van der Waals surface area (Å²) in [5.41, 5.74) is 4.67. The van der Waals surface area contributed by atoms with E-state index in [4.69, 9.17) is 24.3 Å². The molecule has 2 saturated heterocycles. The van der Waals surface area contributed by atoms with E-state index in [9.17, 15) is 59.6 Å². The van der Waals surface area contributed by atoms with Crippen molar-refractivity contribution in [2.24, 2.45) is 0 Å². The summed E-state index contributed by atoms with van der Waals surface area (Å²) >= 11 is 0. The van der Waals surface area contributed by atoms with Gasteiger partial charge in [0.2, 0.25) is 5.91 Å². The number of hydrogen-bond donors (Lipinski definition) is 10. The quantitative estimate of drug-likeness (QED) is 0.0776. The maximum atomic E-state index is 13.1. The largest absolute Gasteiger partial charge is 0.477 e. The summed E-state index contributed by atoms with van der Waals surface area (Å²) in [7, 11) is -5.57. The molecule has 0 spiro atoms. The van der Waals surface area contributed by atoms with E-state index in [1.807, 2.05) is 6.92 Å². The number of carbonyl (C=O) groups excluding carboxylic acids is 1. The van der Waals surface area contributed by atoms with Gasteiger partial charge in [-0.2, -0.15) is 4.98 Å². The van der Waals surface area contributed by atoms with E-state index < -0.39 is 112 Å². The second-order valence-corrected chi connectivity index (χ2v) is 13.2. The van der Waals surface area contributed by atoms with Gasteiger partial charge in [0.15, 0.2) is 6.23 Å². The summed E-state index contributed by atoms with van der Waals surface area (Å²) in [6.45, 7) is 1.34. The molecule has 11 N–H and O–H groups in total. The number of phosphoric ester groups is 1. The monoisotopic (exact) mass is 737 g/mol. The van der Waals surface area contributed by atoms with E-state index in [0.717, 1.165) is 22.4 Å². The number of aliphatic hydroxyl groups is 6. The van der Waals surface area contributed by atoms with Crippen LogP contribution in [0.4, 0.5) is 5.82 Å². The van der Waals surface area contributed by atoms with Crippen LogP contribution in [0.1, 0.15) is 51.1 Å². The topological polar surface area (TPSA) is 354 Å². The highest BCUT2D eigenvalue weighted by molar-refractivity contribution is 7.47. The summed E-state index contributed by atoms with van der Waals surface area (Å²) in [4.78, 5) is 50.7. The number of anilines is 1. The Morgan fingerprint density at radius 3 is 2.56 bits per heavy atom. The molecule has 0 aromatic carbocycles. The zero-order valence-corrected chi connectivity index (χ0v) is 27.5. The van der Waals surface area contributed by atoms with Crippen molar-refractivity contribution >= 4 is 25.5 Å². The number of hydrogen-bond acceptors (Lipinski definition) is 18. The fourth-order valence-electron chi connectivity index (χ4n) is 5.49. The van der Waals surface area contributed by atoms with Gasteiger partial charge in [0.05, 0.1) is 37.6 Å². The van der Waals surface area contributed by atoms with Crippen LogP contribution in [0.3, 0.4) is 0 Å². The highest BCUT2D eigenvalue weighted by Gasteiger charge is 2.59. The zero-order valence-electron chi connectivity index (χ0n) is 26.6. The van der Waals surface area contributed by atoms with Crippen LogP contribution >= 0.6 is 7.82 Å². The first-order valence-electron chi connectivity index (χ1n) is 15.2. The van der Waals surface area contributed by atoms with E-state index in [2.05, 4.69) is 20.6 Å². The van der Waals surface area contributed by atoms with Gasteiger partial charge >= 0.3 is 19.5 Å². The van der Waals surface area contributed by atoms with Gasteiger partial charge in [0, 0.05) is 19.5 Å². The molecule has 4 rings (SSSR count). The molecule has 2 aromatic heterocycles. The molecule has 0 radical (unpaired) electrons. The third-order valence-electron chi connectivity index (χ3n) is 7.96. The molecule has 2 aliphatic rings. The number of nitrogens with one attached hydrogen (secondary N) is 1. The molecule has 1 amide bonds. The van der Waals surface area contributed by atoms with E-state index in [0.29, 0.717) is 12.8 Å². The van der Waals surface area contributed by atoms with E-state index in [1.165, 1.54) is 12.3 Å². The molecule has 12 atom stereocenters. The lowest BCUT2D eigenvalue weighted by Crippen LogP contribution is -2.67. The second-order valence-electron chi connectivity index (χ2n) is 11.8. The number of nitrogens with two attached hydrogens (primary N) is 1. The van der Waals surface area contributed by atoms with Gasteiger partial charge in [-0.15, -0.1) is 5.10 Å². The smallest absolute Gasteiger partial charge is 0.475 e. The fraction of sp³-hybridized carbons (Fsp3) is 0.692. The van der Waals surface area contributed by atoms with Crippen LogP contribution in [0, 0.1) is 0 Å². The molecule has 24 heteroatoms. The van der Waals surface area contributed by atoms with Gasteiger partial charge in [0.25, 0.3) is 5.79 Å².